The zero-order valence-electron chi connectivity index (χ0n) is 20.4. The topological polar surface area (TPSA) is 0 Å². The van der Waals surface area contributed by atoms with Crippen molar-refractivity contribution in [3.63, 3.8) is 0 Å². The second-order valence-electron chi connectivity index (χ2n) is 11.4. The monoisotopic (exact) mass is 400 g/mol. The minimum absolute atomic E-state index is 0.920. The molecule has 0 aliphatic heterocycles. The SMILES string of the molecule is CCCC1CCC(CC2=CC3C(CCCC3C(CC)CCC(C)CC)CC2)CC1. The van der Waals surface area contributed by atoms with Gasteiger partial charge in [-0.3, -0.25) is 0 Å². The Bertz CT molecular complexity index is 480. The first kappa shape index (κ1) is 23.4. The van der Waals surface area contributed by atoms with Gasteiger partial charge in [0.2, 0.25) is 0 Å². The minimum Gasteiger partial charge on any atom is -0.0816 e. The van der Waals surface area contributed by atoms with Crippen molar-refractivity contribution in [2.24, 2.45) is 41.4 Å². The number of allylic oxidation sites excluding steroid dienone is 2. The number of hydrogen-bond acceptors (Lipinski definition) is 0. The van der Waals surface area contributed by atoms with Crippen molar-refractivity contribution in [1.82, 2.24) is 0 Å². The van der Waals surface area contributed by atoms with Crippen LogP contribution in [0.3, 0.4) is 0 Å². The van der Waals surface area contributed by atoms with Gasteiger partial charge in [0, 0.05) is 0 Å². The molecule has 3 aliphatic rings. The summed E-state index contributed by atoms with van der Waals surface area (Å²) in [5.41, 5.74) is 1.88. The van der Waals surface area contributed by atoms with Crippen LogP contribution in [0.15, 0.2) is 11.6 Å². The van der Waals surface area contributed by atoms with Crippen molar-refractivity contribution in [3.05, 3.63) is 11.6 Å². The fourth-order valence-corrected chi connectivity index (χ4v) is 7.32. The Morgan fingerprint density at radius 3 is 2.31 bits per heavy atom. The molecule has 0 aromatic heterocycles. The zero-order chi connectivity index (χ0) is 20.6. The molecule has 0 heteroatoms. The van der Waals surface area contributed by atoms with Gasteiger partial charge in [-0.25, -0.2) is 0 Å². The predicted octanol–water partition coefficient (Wildman–Crippen LogP) is 9.59. The van der Waals surface area contributed by atoms with Crippen LogP contribution in [0.4, 0.5) is 0 Å². The van der Waals surface area contributed by atoms with Crippen molar-refractivity contribution >= 4 is 0 Å². The molecule has 5 atom stereocenters. The highest BCUT2D eigenvalue weighted by atomic mass is 14.4. The average Bonchev–Trinajstić information content (AvgIpc) is 2.75. The normalized spacial score (nSPS) is 34.9. The van der Waals surface area contributed by atoms with Crippen LogP contribution in [0, 0.1) is 41.4 Å². The van der Waals surface area contributed by atoms with E-state index in [1.807, 2.05) is 5.57 Å². The second-order valence-corrected chi connectivity index (χ2v) is 11.4. The fraction of sp³-hybridized carbons (Fsp3) is 0.931. The molecule has 3 aliphatic carbocycles. The molecule has 29 heavy (non-hydrogen) atoms. The molecule has 5 unspecified atom stereocenters. The second kappa shape index (κ2) is 12.0. The molecule has 3 rings (SSSR count). The van der Waals surface area contributed by atoms with Gasteiger partial charge in [0.1, 0.15) is 0 Å². The number of hydrogen-bond donors (Lipinski definition) is 0. The van der Waals surface area contributed by atoms with Crippen molar-refractivity contribution in [3.8, 4) is 0 Å². The summed E-state index contributed by atoms with van der Waals surface area (Å²) in [6.45, 7) is 9.67. The Hall–Kier alpha value is -0.260. The summed E-state index contributed by atoms with van der Waals surface area (Å²) in [7, 11) is 0. The molecule has 0 saturated heterocycles. The van der Waals surface area contributed by atoms with E-state index in [0.29, 0.717) is 0 Å². The molecule has 2 fully saturated rings. The average molecular weight is 401 g/mol. The van der Waals surface area contributed by atoms with E-state index in [4.69, 9.17) is 0 Å². The molecular weight excluding hydrogens is 348 g/mol. The van der Waals surface area contributed by atoms with Crippen LogP contribution in [0.1, 0.15) is 130 Å². The van der Waals surface area contributed by atoms with E-state index in [1.54, 1.807) is 0 Å². The molecule has 0 N–H and O–H groups in total. The molecule has 0 aromatic rings. The van der Waals surface area contributed by atoms with Gasteiger partial charge in [0.05, 0.1) is 0 Å². The van der Waals surface area contributed by atoms with E-state index in [1.165, 1.54) is 103 Å². The van der Waals surface area contributed by atoms with Crippen molar-refractivity contribution in [2.45, 2.75) is 130 Å². The van der Waals surface area contributed by atoms with E-state index in [-0.39, 0.29) is 0 Å². The third kappa shape index (κ3) is 6.61. The van der Waals surface area contributed by atoms with Crippen LogP contribution in [0.2, 0.25) is 0 Å². The first-order chi connectivity index (χ1) is 14.1. The van der Waals surface area contributed by atoms with Gasteiger partial charge in [0.25, 0.3) is 0 Å². The van der Waals surface area contributed by atoms with Gasteiger partial charge in [-0.2, -0.15) is 0 Å². The molecular formula is C29H52. The number of rotatable bonds is 10. The molecule has 0 aromatic carbocycles. The summed E-state index contributed by atoms with van der Waals surface area (Å²) in [6.07, 6.45) is 26.5. The third-order valence-corrected chi connectivity index (χ3v) is 9.49. The molecule has 0 bridgehead atoms. The third-order valence-electron chi connectivity index (χ3n) is 9.49. The van der Waals surface area contributed by atoms with E-state index in [9.17, 15) is 0 Å². The first-order valence-electron chi connectivity index (χ1n) is 13.8. The molecule has 0 spiro atoms. The van der Waals surface area contributed by atoms with Crippen LogP contribution < -0.4 is 0 Å². The Kier molecular flexibility index (Phi) is 9.64. The van der Waals surface area contributed by atoms with E-state index >= 15 is 0 Å². The Balaban J connectivity index is 1.59. The van der Waals surface area contributed by atoms with Crippen LogP contribution in [0.5, 0.6) is 0 Å². The van der Waals surface area contributed by atoms with E-state index in [2.05, 4.69) is 33.8 Å². The summed E-state index contributed by atoms with van der Waals surface area (Å²) in [4.78, 5) is 0. The minimum atomic E-state index is 0.920. The smallest absolute Gasteiger partial charge is 0.0171 e. The van der Waals surface area contributed by atoms with Crippen LogP contribution in [0.25, 0.3) is 0 Å². The summed E-state index contributed by atoms with van der Waals surface area (Å²) in [5.74, 6) is 6.93. The Morgan fingerprint density at radius 1 is 0.862 bits per heavy atom. The molecule has 0 nitrogen and oxygen atoms in total. The molecule has 168 valence electrons. The molecule has 2 saturated carbocycles. The van der Waals surface area contributed by atoms with Crippen LogP contribution >= 0.6 is 0 Å². The standard InChI is InChI=1S/C29H52/c1-5-9-23-13-15-24(16-14-23)20-25-17-19-27-10-8-11-28(29(27)21-25)26(7-3)18-12-22(4)6-2/h21-24,26-29H,5-20H2,1-4H3. The zero-order valence-corrected chi connectivity index (χ0v) is 20.4. The number of fused-ring (bicyclic) bond motifs is 1. The lowest BCUT2D eigenvalue weighted by Gasteiger charge is -2.44. The van der Waals surface area contributed by atoms with Crippen LogP contribution in [-0.2, 0) is 0 Å². The Labute approximate surface area is 183 Å². The van der Waals surface area contributed by atoms with Gasteiger partial charge in [-0.15, -0.1) is 0 Å². The van der Waals surface area contributed by atoms with Crippen LogP contribution in [-0.4, -0.2) is 0 Å². The van der Waals surface area contributed by atoms with E-state index in [0.717, 1.165) is 41.4 Å². The van der Waals surface area contributed by atoms with Gasteiger partial charge in [0.15, 0.2) is 0 Å². The fourth-order valence-electron chi connectivity index (χ4n) is 7.32. The highest BCUT2D eigenvalue weighted by Gasteiger charge is 2.37. The lowest BCUT2D eigenvalue weighted by molar-refractivity contribution is 0.108. The van der Waals surface area contributed by atoms with Crippen molar-refractivity contribution in [2.75, 3.05) is 0 Å². The molecule has 0 radical (unpaired) electrons. The summed E-state index contributed by atoms with van der Waals surface area (Å²) in [5, 5.41) is 0. The quantitative estimate of drug-likeness (QED) is 0.320. The summed E-state index contributed by atoms with van der Waals surface area (Å²) >= 11 is 0. The van der Waals surface area contributed by atoms with E-state index < -0.39 is 0 Å². The Morgan fingerprint density at radius 2 is 1.62 bits per heavy atom. The largest absolute Gasteiger partial charge is 0.0816 e. The maximum Gasteiger partial charge on any atom is -0.0171 e. The van der Waals surface area contributed by atoms with Gasteiger partial charge in [-0.1, -0.05) is 90.7 Å². The predicted molar refractivity (Wildman–Crippen MR) is 129 cm³/mol. The highest BCUT2D eigenvalue weighted by molar-refractivity contribution is 5.13. The van der Waals surface area contributed by atoms with Crippen molar-refractivity contribution < 1.29 is 0 Å². The maximum atomic E-state index is 2.88. The first-order valence-corrected chi connectivity index (χ1v) is 13.8. The lowest BCUT2D eigenvalue weighted by atomic mass is 9.61. The maximum absolute atomic E-state index is 2.88. The van der Waals surface area contributed by atoms with Gasteiger partial charge >= 0.3 is 0 Å². The molecule has 0 heterocycles. The van der Waals surface area contributed by atoms with Gasteiger partial charge in [-0.05, 0) is 92.8 Å². The summed E-state index contributed by atoms with van der Waals surface area (Å²) in [6, 6.07) is 0. The lowest BCUT2D eigenvalue weighted by Crippen LogP contribution is -2.34. The van der Waals surface area contributed by atoms with Gasteiger partial charge < -0.3 is 0 Å². The summed E-state index contributed by atoms with van der Waals surface area (Å²) < 4.78 is 0. The molecule has 0 amide bonds. The van der Waals surface area contributed by atoms with Crippen molar-refractivity contribution in [1.29, 1.82) is 0 Å². The highest BCUT2D eigenvalue weighted by Crippen LogP contribution is 2.48.